The van der Waals surface area contributed by atoms with Crippen LogP contribution in [0.2, 0.25) is 0 Å². The molecule has 88 valence electrons. The van der Waals surface area contributed by atoms with Gasteiger partial charge in [-0.05, 0) is 53.2 Å². The third-order valence-electron chi connectivity index (χ3n) is 3.96. The maximum atomic E-state index is 5.92. The van der Waals surface area contributed by atoms with Gasteiger partial charge in [0.2, 0.25) is 0 Å². The van der Waals surface area contributed by atoms with E-state index in [0.29, 0.717) is 12.1 Å². The van der Waals surface area contributed by atoms with E-state index in [9.17, 15) is 0 Å². The molecule has 1 N–H and O–H groups in total. The van der Waals surface area contributed by atoms with Crippen molar-refractivity contribution in [2.24, 2.45) is 0 Å². The van der Waals surface area contributed by atoms with Gasteiger partial charge in [0.15, 0.2) is 0 Å². The van der Waals surface area contributed by atoms with Gasteiger partial charge in [0.05, 0.1) is 6.10 Å². The van der Waals surface area contributed by atoms with Gasteiger partial charge in [-0.2, -0.15) is 0 Å². The predicted octanol–water partition coefficient (Wildman–Crippen LogP) is 1.24. The summed E-state index contributed by atoms with van der Waals surface area (Å²) in [6.07, 6.45) is 4.08. The number of nitrogens with zero attached hydrogens (tertiary/aromatic N) is 1. The molecule has 3 heteroatoms. The fourth-order valence-electron chi connectivity index (χ4n) is 3.10. The van der Waals surface area contributed by atoms with E-state index in [1.54, 1.807) is 0 Å². The SMILES string of the molecule is CCOC1CC(C)NC12CCN(C)CC2. The number of rotatable bonds is 2. The van der Waals surface area contributed by atoms with E-state index < -0.39 is 0 Å². The Morgan fingerprint density at radius 3 is 2.67 bits per heavy atom. The summed E-state index contributed by atoms with van der Waals surface area (Å²) in [5, 5.41) is 3.77. The average molecular weight is 212 g/mol. The maximum Gasteiger partial charge on any atom is 0.0772 e. The quantitative estimate of drug-likeness (QED) is 0.745. The lowest BCUT2D eigenvalue weighted by molar-refractivity contribution is -0.00799. The summed E-state index contributed by atoms with van der Waals surface area (Å²) in [5.74, 6) is 0. The zero-order valence-corrected chi connectivity index (χ0v) is 10.3. The Kier molecular flexibility index (Phi) is 3.33. The van der Waals surface area contributed by atoms with Gasteiger partial charge in [-0.15, -0.1) is 0 Å². The Morgan fingerprint density at radius 1 is 1.40 bits per heavy atom. The van der Waals surface area contributed by atoms with Gasteiger partial charge in [-0.3, -0.25) is 0 Å². The zero-order valence-electron chi connectivity index (χ0n) is 10.3. The summed E-state index contributed by atoms with van der Waals surface area (Å²) in [4.78, 5) is 2.42. The highest BCUT2D eigenvalue weighted by atomic mass is 16.5. The molecule has 2 aliphatic rings. The van der Waals surface area contributed by atoms with Crippen molar-refractivity contribution < 1.29 is 4.74 Å². The van der Waals surface area contributed by atoms with Crippen LogP contribution < -0.4 is 5.32 Å². The van der Waals surface area contributed by atoms with Crippen LogP contribution in [-0.4, -0.2) is 49.3 Å². The maximum absolute atomic E-state index is 5.92. The van der Waals surface area contributed by atoms with Crippen LogP contribution in [-0.2, 0) is 4.74 Å². The zero-order chi connectivity index (χ0) is 10.9. The molecule has 2 aliphatic heterocycles. The number of piperidine rings is 1. The van der Waals surface area contributed by atoms with Gasteiger partial charge in [-0.1, -0.05) is 0 Å². The van der Waals surface area contributed by atoms with Crippen LogP contribution in [0.25, 0.3) is 0 Å². The fraction of sp³-hybridized carbons (Fsp3) is 1.00. The Hall–Kier alpha value is -0.120. The monoisotopic (exact) mass is 212 g/mol. The minimum absolute atomic E-state index is 0.280. The molecule has 0 radical (unpaired) electrons. The average Bonchev–Trinajstić information content (AvgIpc) is 2.49. The lowest BCUT2D eigenvalue weighted by Gasteiger charge is -2.42. The standard InChI is InChI=1S/C12H24N2O/c1-4-15-11-9-10(2)13-12(11)5-7-14(3)8-6-12/h10-11,13H,4-9H2,1-3H3. The molecule has 0 bridgehead atoms. The summed E-state index contributed by atoms with van der Waals surface area (Å²) < 4.78 is 5.92. The van der Waals surface area contributed by atoms with Crippen LogP contribution in [0.5, 0.6) is 0 Å². The van der Waals surface area contributed by atoms with Gasteiger partial charge >= 0.3 is 0 Å². The highest BCUT2D eigenvalue weighted by Gasteiger charge is 2.47. The van der Waals surface area contributed by atoms with Crippen LogP contribution in [0.3, 0.4) is 0 Å². The largest absolute Gasteiger partial charge is 0.377 e. The third kappa shape index (κ3) is 2.19. The Bertz CT molecular complexity index is 212. The first-order chi connectivity index (χ1) is 7.16. The predicted molar refractivity (Wildman–Crippen MR) is 62.1 cm³/mol. The number of hydrogen-bond donors (Lipinski definition) is 1. The van der Waals surface area contributed by atoms with Crippen LogP contribution in [0.4, 0.5) is 0 Å². The normalized spacial score (nSPS) is 36.2. The first-order valence-corrected chi connectivity index (χ1v) is 6.24. The van der Waals surface area contributed by atoms with E-state index >= 15 is 0 Å². The number of nitrogens with one attached hydrogen (secondary N) is 1. The number of hydrogen-bond acceptors (Lipinski definition) is 3. The van der Waals surface area contributed by atoms with E-state index in [1.807, 2.05) is 0 Å². The van der Waals surface area contributed by atoms with E-state index in [0.717, 1.165) is 6.61 Å². The lowest BCUT2D eigenvalue weighted by Crippen LogP contribution is -2.56. The fourth-order valence-corrected chi connectivity index (χ4v) is 3.10. The van der Waals surface area contributed by atoms with E-state index in [2.05, 4.69) is 31.1 Å². The first-order valence-electron chi connectivity index (χ1n) is 6.24. The molecular formula is C12H24N2O. The van der Waals surface area contributed by atoms with Crippen molar-refractivity contribution in [3.8, 4) is 0 Å². The molecule has 0 saturated carbocycles. The second kappa shape index (κ2) is 4.40. The van der Waals surface area contributed by atoms with Crippen molar-refractivity contribution in [2.45, 2.75) is 50.8 Å². The molecule has 0 aliphatic carbocycles. The van der Waals surface area contributed by atoms with Crippen molar-refractivity contribution in [1.29, 1.82) is 0 Å². The molecule has 1 spiro atoms. The molecule has 0 aromatic carbocycles. The number of ether oxygens (including phenoxy) is 1. The molecule has 2 heterocycles. The van der Waals surface area contributed by atoms with Crippen molar-refractivity contribution in [3.05, 3.63) is 0 Å². The Morgan fingerprint density at radius 2 is 2.07 bits per heavy atom. The molecule has 15 heavy (non-hydrogen) atoms. The molecule has 0 aromatic rings. The summed E-state index contributed by atoms with van der Waals surface area (Å²) in [6, 6.07) is 0.616. The van der Waals surface area contributed by atoms with Crippen LogP contribution in [0, 0.1) is 0 Å². The molecule has 0 amide bonds. The van der Waals surface area contributed by atoms with Crippen molar-refractivity contribution in [1.82, 2.24) is 10.2 Å². The smallest absolute Gasteiger partial charge is 0.0772 e. The summed E-state index contributed by atoms with van der Waals surface area (Å²) in [5.41, 5.74) is 0.280. The highest BCUT2D eigenvalue weighted by Crippen LogP contribution is 2.35. The lowest BCUT2D eigenvalue weighted by atomic mass is 9.84. The molecule has 2 rings (SSSR count). The summed E-state index contributed by atoms with van der Waals surface area (Å²) in [7, 11) is 2.21. The second-order valence-electron chi connectivity index (χ2n) is 5.18. The van der Waals surface area contributed by atoms with Gasteiger partial charge in [0, 0.05) is 18.2 Å². The summed E-state index contributed by atoms with van der Waals surface area (Å²) in [6.45, 7) is 7.62. The highest BCUT2D eigenvalue weighted by molar-refractivity contribution is 5.06. The van der Waals surface area contributed by atoms with Gasteiger partial charge in [0.25, 0.3) is 0 Å². The van der Waals surface area contributed by atoms with Gasteiger partial charge in [-0.25, -0.2) is 0 Å². The van der Waals surface area contributed by atoms with E-state index in [4.69, 9.17) is 4.74 Å². The van der Waals surface area contributed by atoms with E-state index in [1.165, 1.54) is 32.4 Å². The van der Waals surface area contributed by atoms with Gasteiger partial charge in [0.1, 0.15) is 0 Å². The van der Waals surface area contributed by atoms with E-state index in [-0.39, 0.29) is 5.54 Å². The Balaban J connectivity index is 2.04. The molecule has 2 fully saturated rings. The first kappa shape index (κ1) is 11.4. The minimum Gasteiger partial charge on any atom is -0.377 e. The molecule has 2 unspecified atom stereocenters. The topological polar surface area (TPSA) is 24.5 Å². The molecular weight excluding hydrogens is 188 g/mol. The van der Waals surface area contributed by atoms with Crippen LogP contribution >= 0.6 is 0 Å². The second-order valence-corrected chi connectivity index (χ2v) is 5.18. The van der Waals surface area contributed by atoms with Gasteiger partial charge < -0.3 is 15.0 Å². The molecule has 0 aromatic heterocycles. The van der Waals surface area contributed by atoms with Crippen LogP contribution in [0.1, 0.15) is 33.1 Å². The minimum atomic E-state index is 0.280. The Labute approximate surface area is 93.2 Å². The molecule has 2 saturated heterocycles. The molecule has 3 nitrogen and oxygen atoms in total. The van der Waals surface area contributed by atoms with Crippen molar-refractivity contribution >= 4 is 0 Å². The van der Waals surface area contributed by atoms with Crippen molar-refractivity contribution in [3.63, 3.8) is 0 Å². The summed E-state index contributed by atoms with van der Waals surface area (Å²) >= 11 is 0. The molecule has 2 atom stereocenters. The third-order valence-corrected chi connectivity index (χ3v) is 3.96. The van der Waals surface area contributed by atoms with Crippen molar-refractivity contribution in [2.75, 3.05) is 26.7 Å². The number of likely N-dealkylation sites (tertiary alicyclic amines) is 1. The van der Waals surface area contributed by atoms with Crippen LogP contribution in [0.15, 0.2) is 0 Å².